The first kappa shape index (κ1) is 12.0. The lowest BCUT2D eigenvalue weighted by Gasteiger charge is -2.48. The topological polar surface area (TPSA) is 38.5 Å². The number of hydrogen-bond donors (Lipinski definition) is 1. The molecule has 90 valence electrons. The monoisotopic (exact) mass is 240 g/mol. The van der Waals surface area contributed by atoms with Crippen LogP contribution in [0.1, 0.15) is 16.5 Å². The third-order valence-corrected chi connectivity index (χ3v) is 4.50. The summed E-state index contributed by atoms with van der Waals surface area (Å²) >= 11 is 1.82. The summed E-state index contributed by atoms with van der Waals surface area (Å²) < 4.78 is 5.40. The van der Waals surface area contributed by atoms with Crippen molar-refractivity contribution in [2.24, 2.45) is 11.1 Å². The van der Waals surface area contributed by atoms with Crippen molar-refractivity contribution >= 4 is 11.3 Å². The predicted octanol–water partition coefficient (Wildman–Crippen LogP) is 1.63. The normalized spacial score (nSPS) is 20.8. The number of nitrogens with two attached hydrogens (primary N) is 1. The molecule has 0 saturated carbocycles. The van der Waals surface area contributed by atoms with E-state index < -0.39 is 0 Å². The van der Waals surface area contributed by atoms with Crippen molar-refractivity contribution in [3.05, 3.63) is 21.9 Å². The van der Waals surface area contributed by atoms with E-state index in [1.165, 1.54) is 10.4 Å². The number of nitrogens with zero attached hydrogens (tertiary/aromatic N) is 1. The smallest absolute Gasteiger partial charge is 0.0575 e. The van der Waals surface area contributed by atoms with Crippen LogP contribution in [0.4, 0.5) is 0 Å². The standard InChI is InChI=1S/C12H20N2OS/c1-9-4-5-16-10(9)11(14(2)3)12(6-13)7-15-8-12/h4-5,11H,6-8,13H2,1-3H3. The van der Waals surface area contributed by atoms with Crippen LogP contribution >= 0.6 is 11.3 Å². The second kappa shape index (κ2) is 4.45. The summed E-state index contributed by atoms with van der Waals surface area (Å²) in [5.41, 5.74) is 7.44. The van der Waals surface area contributed by atoms with Gasteiger partial charge in [-0.2, -0.15) is 0 Å². The molecule has 0 bridgehead atoms. The molecule has 2 rings (SSSR count). The Balaban J connectivity index is 2.34. The summed E-state index contributed by atoms with van der Waals surface area (Å²) in [4.78, 5) is 3.70. The summed E-state index contributed by atoms with van der Waals surface area (Å²) in [6.45, 7) is 4.42. The Morgan fingerprint density at radius 2 is 2.25 bits per heavy atom. The molecule has 0 radical (unpaired) electrons. The lowest BCUT2D eigenvalue weighted by Crippen LogP contribution is -2.55. The number of hydrogen-bond acceptors (Lipinski definition) is 4. The molecule has 2 heterocycles. The lowest BCUT2D eigenvalue weighted by atomic mass is 9.76. The zero-order valence-corrected chi connectivity index (χ0v) is 11.0. The largest absolute Gasteiger partial charge is 0.380 e. The first-order valence-electron chi connectivity index (χ1n) is 5.59. The van der Waals surface area contributed by atoms with Gasteiger partial charge in [0.1, 0.15) is 0 Å². The van der Waals surface area contributed by atoms with Gasteiger partial charge < -0.3 is 15.4 Å². The quantitative estimate of drug-likeness (QED) is 0.869. The molecule has 1 saturated heterocycles. The minimum atomic E-state index is 0.110. The van der Waals surface area contributed by atoms with Gasteiger partial charge in [0, 0.05) is 16.8 Å². The summed E-state index contributed by atoms with van der Waals surface area (Å²) in [6.07, 6.45) is 0. The van der Waals surface area contributed by atoms with Crippen LogP contribution < -0.4 is 5.73 Å². The van der Waals surface area contributed by atoms with Crippen molar-refractivity contribution in [1.29, 1.82) is 0 Å². The van der Waals surface area contributed by atoms with E-state index in [0.29, 0.717) is 12.6 Å². The maximum absolute atomic E-state index is 5.96. The van der Waals surface area contributed by atoms with Gasteiger partial charge in [-0.1, -0.05) is 0 Å². The van der Waals surface area contributed by atoms with Crippen LogP contribution in [0.2, 0.25) is 0 Å². The lowest BCUT2D eigenvalue weighted by molar-refractivity contribution is -0.144. The molecule has 1 aliphatic rings. The Labute approximate surface area is 101 Å². The van der Waals surface area contributed by atoms with Crippen molar-refractivity contribution in [3.63, 3.8) is 0 Å². The Kier molecular flexibility index (Phi) is 3.35. The second-order valence-corrected chi connectivity index (χ2v) is 5.84. The molecule has 1 atom stereocenters. The molecule has 1 unspecified atom stereocenters. The van der Waals surface area contributed by atoms with Crippen LogP contribution in [-0.2, 0) is 4.74 Å². The van der Waals surface area contributed by atoms with E-state index in [2.05, 4.69) is 37.4 Å². The molecular weight excluding hydrogens is 220 g/mol. The Bertz CT molecular complexity index is 352. The molecule has 1 aliphatic heterocycles. The first-order chi connectivity index (χ1) is 7.60. The molecular formula is C12H20N2OS. The van der Waals surface area contributed by atoms with Gasteiger partial charge in [0.05, 0.1) is 19.3 Å². The zero-order chi connectivity index (χ0) is 11.8. The van der Waals surface area contributed by atoms with E-state index in [9.17, 15) is 0 Å². The van der Waals surface area contributed by atoms with Gasteiger partial charge in [-0.25, -0.2) is 0 Å². The molecule has 16 heavy (non-hydrogen) atoms. The SMILES string of the molecule is Cc1ccsc1C(N(C)C)C1(CN)COC1. The van der Waals surface area contributed by atoms with Crippen LogP contribution in [0.3, 0.4) is 0 Å². The molecule has 0 spiro atoms. The fraction of sp³-hybridized carbons (Fsp3) is 0.667. The van der Waals surface area contributed by atoms with Gasteiger partial charge >= 0.3 is 0 Å². The van der Waals surface area contributed by atoms with Gasteiger partial charge in [-0.05, 0) is 38.0 Å². The number of ether oxygens (including phenoxy) is 1. The summed E-state index contributed by atoms with van der Waals surface area (Å²) in [6, 6.07) is 2.56. The molecule has 1 aromatic rings. The molecule has 1 fully saturated rings. The summed E-state index contributed by atoms with van der Waals surface area (Å²) in [5.74, 6) is 0. The van der Waals surface area contributed by atoms with Crippen LogP contribution in [0, 0.1) is 12.3 Å². The molecule has 3 nitrogen and oxygen atoms in total. The third-order valence-electron chi connectivity index (χ3n) is 3.43. The highest BCUT2D eigenvalue weighted by molar-refractivity contribution is 7.10. The van der Waals surface area contributed by atoms with Gasteiger partial charge in [-0.3, -0.25) is 0 Å². The molecule has 2 N–H and O–H groups in total. The molecule has 1 aromatic heterocycles. The number of rotatable bonds is 4. The minimum absolute atomic E-state index is 0.110. The molecule has 0 amide bonds. The van der Waals surface area contributed by atoms with Crippen LogP contribution in [0.15, 0.2) is 11.4 Å². The van der Waals surface area contributed by atoms with Gasteiger partial charge in [0.2, 0.25) is 0 Å². The van der Waals surface area contributed by atoms with Gasteiger partial charge in [0.25, 0.3) is 0 Å². The maximum atomic E-state index is 5.96. The highest BCUT2D eigenvalue weighted by Gasteiger charge is 2.47. The maximum Gasteiger partial charge on any atom is 0.0575 e. The Morgan fingerprint density at radius 3 is 2.56 bits per heavy atom. The average molecular weight is 240 g/mol. The Hall–Kier alpha value is -0.420. The fourth-order valence-electron chi connectivity index (χ4n) is 2.48. The molecule has 4 heteroatoms. The van der Waals surface area contributed by atoms with Crippen LogP contribution in [0.5, 0.6) is 0 Å². The zero-order valence-electron chi connectivity index (χ0n) is 10.2. The number of aryl methyl sites for hydroxylation is 1. The second-order valence-electron chi connectivity index (χ2n) is 4.89. The van der Waals surface area contributed by atoms with E-state index in [1.54, 1.807) is 0 Å². The predicted molar refractivity (Wildman–Crippen MR) is 67.8 cm³/mol. The van der Waals surface area contributed by atoms with Crippen LogP contribution in [0.25, 0.3) is 0 Å². The van der Waals surface area contributed by atoms with Crippen molar-refractivity contribution in [3.8, 4) is 0 Å². The van der Waals surface area contributed by atoms with Gasteiger partial charge in [-0.15, -0.1) is 11.3 Å². The van der Waals surface area contributed by atoms with E-state index in [-0.39, 0.29) is 5.41 Å². The van der Waals surface area contributed by atoms with E-state index in [1.807, 2.05) is 11.3 Å². The highest BCUT2D eigenvalue weighted by atomic mass is 32.1. The van der Waals surface area contributed by atoms with E-state index in [0.717, 1.165) is 13.2 Å². The van der Waals surface area contributed by atoms with Gasteiger partial charge in [0.15, 0.2) is 0 Å². The van der Waals surface area contributed by atoms with Crippen molar-refractivity contribution < 1.29 is 4.74 Å². The first-order valence-corrected chi connectivity index (χ1v) is 6.47. The van der Waals surface area contributed by atoms with Crippen LogP contribution in [-0.4, -0.2) is 38.8 Å². The third kappa shape index (κ3) is 1.80. The number of thiophene rings is 1. The highest BCUT2D eigenvalue weighted by Crippen LogP contribution is 2.45. The van der Waals surface area contributed by atoms with E-state index in [4.69, 9.17) is 10.5 Å². The average Bonchev–Trinajstić information content (AvgIpc) is 2.57. The molecule has 0 aliphatic carbocycles. The van der Waals surface area contributed by atoms with E-state index >= 15 is 0 Å². The summed E-state index contributed by atoms with van der Waals surface area (Å²) in [5, 5.41) is 2.16. The Morgan fingerprint density at radius 1 is 1.56 bits per heavy atom. The molecule has 0 aromatic carbocycles. The summed E-state index contributed by atoms with van der Waals surface area (Å²) in [7, 11) is 4.25. The van der Waals surface area contributed by atoms with Crippen molar-refractivity contribution in [1.82, 2.24) is 4.90 Å². The van der Waals surface area contributed by atoms with Crippen molar-refractivity contribution in [2.45, 2.75) is 13.0 Å². The minimum Gasteiger partial charge on any atom is -0.380 e. The van der Waals surface area contributed by atoms with Crippen molar-refractivity contribution in [2.75, 3.05) is 33.9 Å². The fourth-order valence-corrected chi connectivity index (χ4v) is 3.74.